The number of nitrogens with zero attached hydrogens (tertiary/aromatic N) is 3. The number of hydrogen-bond acceptors (Lipinski definition) is 4. The second-order valence-corrected chi connectivity index (χ2v) is 7.11. The molecular weight excluding hydrogens is 298 g/mol. The number of hydrogen-bond donors (Lipinski definition) is 0. The van der Waals surface area contributed by atoms with Crippen LogP contribution < -0.4 is 0 Å². The van der Waals surface area contributed by atoms with E-state index in [1.54, 1.807) is 0 Å². The van der Waals surface area contributed by atoms with E-state index < -0.39 is 0 Å². The fourth-order valence-electron chi connectivity index (χ4n) is 4.14. The Morgan fingerprint density at radius 1 is 0.917 bits per heavy atom. The minimum Gasteiger partial charge on any atom is -0.460 e. The molecule has 24 heavy (non-hydrogen) atoms. The monoisotopic (exact) mass is 325 g/mol. The van der Waals surface area contributed by atoms with E-state index in [1.807, 2.05) is 24.5 Å². The van der Waals surface area contributed by atoms with Gasteiger partial charge >= 0.3 is 0 Å². The lowest BCUT2D eigenvalue weighted by atomic mass is 10.2. The van der Waals surface area contributed by atoms with Crippen LogP contribution in [0.5, 0.6) is 0 Å². The fourth-order valence-corrected chi connectivity index (χ4v) is 4.14. The number of rotatable bonds is 4. The third kappa shape index (κ3) is 3.70. The van der Waals surface area contributed by atoms with Crippen molar-refractivity contribution in [2.24, 2.45) is 0 Å². The Labute approximate surface area is 144 Å². The highest BCUT2D eigenvalue weighted by atomic mass is 16.3. The van der Waals surface area contributed by atoms with Gasteiger partial charge in [-0.15, -0.1) is 0 Å². The van der Waals surface area contributed by atoms with E-state index in [1.165, 1.54) is 51.7 Å². The van der Waals surface area contributed by atoms with Crippen molar-refractivity contribution >= 4 is 0 Å². The molecule has 0 radical (unpaired) electrons. The van der Waals surface area contributed by atoms with Gasteiger partial charge in [-0.25, -0.2) is 0 Å². The molecule has 1 aliphatic heterocycles. The van der Waals surface area contributed by atoms with Crippen molar-refractivity contribution in [2.75, 3.05) is 26.2 Å². The molecule has 0 amide bonds. The quantitative estimate of drug-likeness (QED) is 0.856. The average Bonchev–Trinajstić information content (AvgIpc) is 3.26. The van der Waals surface area contributed by atoms with Gasteiger partial charge in [0.1, 0.15) is 11.5 Å². The third-order valence-corrected chi connectivity index (χ3v) is 5.47. The van der Waals surface area contributed by atoms with Crippen LogP contribution in [0.2, 0.25) is 0 Å². The van der Waals surface area contributed by atoms with Crippen LogP contribution in [0.25, 0.3) is 11.3 Å². The van der Waals surface area contributed by atoms with E-state index in [0.29, 0.717) is 0 Å². The number of aromatic nitrogens is 1. The largest absolute Gasteiger partial charge is 0.460 e. The molecule has 1 saturated heterocycles. The van der Waals surface area contributed by atoms with Gasteiger partial charge in [-0.1, -0.05) is 12.8 Å². The summed E-state index contributed by atoms with van der Waals surface area (Å²) in [5.74, 6) is 2.01. The summed E-state index contributed by atoms with van der Waals surface area (Å²) in [4.78, 5) is 9.35. The summed E-state index contributed by atoms with van der Waals surface area (Å²) < 4.78 is 6.06. The molecule has 128 valence electrons. The summed E-state index contributed by atoms with van der Waals surface area (Å²) >= 11 is 0. The van der Waals surface area contributed by atoms with Crippen LogP contribution in [0.3, 0.4) is 0 Å². The van der Waals surface area contributed by atoms with Gasteiger partial charge < -0.3 is 4.42 Å². The molecule has 0 aromatic carbocycles. The average molecular weight is 325 g/mol. The maximum atomic E-state index is 6.06. The molecule has 0 unspecified atom stereocenters. The summed E-state index contributed by atoms with van der Waals surface area (Å²) in [7, 11) is 0. The molecule has 0 spiro atoms. The molecule has 4 nitrogen and oxygen atoms in total. The summed E-state index contributed by atoms with van der Waals surface area (Å²) in [6, 6.07) is 9.04. The fraction of sp³-hybridized carbons (Fsp3) is 0.550. The second kappa shape index (κ2) is 7.49. The number of pyridine rings is 1. The molecule has 1 aliphatic carbocycles. The Morgan fingerprint density at radius 3 is 2.58 bits per heavy atom. The molecule has 2 aliphatic rings. The van der Waals surface area contributed by atoms with Crippen LogP contribution in [0.1, 0.15) is 37.9 Å². The maximum absolute atomic E-state index is 6.06. The zero-order valence-corrected chi connectivity index (χ0v) is 14.4. The second-order valence-electron chi connectivity index (χ2n) is 7.11. The first-order valence-electron chi connectivity index (χ1n) is 9.34. The van der Waals surface area contributed by atoms with E-state index in [2.05, 4.69) is 26.9 Å². The van der Waals surface area contributed by atoms with Gasteiger partial charge in [0, 0.05) is 37.1 Å². The van der Waals surface area contributed by atoms with E-state index >= 15 is 0 Å². The van der Waals surface area contributed by atoms with Crippen molar-refractivity contribution in [1.29, 1.82) is 0 Å². The van der Waals surface area contributed by atoms with Gasteiger partial charge in [0.2, 0.25) is 0 Å². The van der Waals surface area contributed by atoms with E-state index in [0.717, 1.165) is 36.2 Å². The molecule has 1 saturated carbocycles. The van der Waals surface area contributed by atoms with Crippen molar-refractivity contribution in [3.63, 3.8) is 0 Å². The number of furan rings is 1. The summed E-state index contributed by atoms with van der Waals surface area (Å²) in [5.41, 5.74) is 1.10. The molecule has 2 fully saturated rings. The Kier molecular flexibility index (Phi) is 4.95. The van der Waals surface area contributed by atoms with Crippen LogP contribution in [0.4, 0.5) is 0 Å². The van der Waals surface area contributed by atoms with E-state index in [9.17, 15) is 0 Å². The van der Waals surface area contributed by atoms with Gasteiger partial charge in [0.15, 0.2) is 0 Å². The highest BCUT2D eigenvalue weighted by Crippen LogP contribution is 2.25. The van der Waals surface area contributed by atoms with Crippen LogP contribution in [-0.4, -0.2) is 47.0 Å². The highest BCUT2D eigenvalue weighted by molar-refractivity contribution is 5.56. The van der Waals surface area contributed by atoms with Gasteiger partial charge in [0.25, 0.3) is 0 Å². The Hall–Kier alpha value is -1.65. The molecule has 0 N–H and O–H groups in total. The van der Waals surface area contributed by atoms with Crippen molar-refractivity contribution < 1.29 is 4.42 Å². The topological polar surface area (TPSA) is 32.5 Å². The predicted molar refractivity (Wildman–Crippen MR) is 95.7 cm³/mol. The van der Waals surface area contributed by atoms with Crippen molar-refractivity contribution in [3.8, 4) is 11.3 Å². The van der Waals surface area contributed by atoms with Gasteiger partial charge in [0.05, 0.1) is 6.54 Å². The molecule has 4 rings (SSSR count). The summed E-state index contributed by atoms with van der Waals surface area (Å²) in [5, 5.41) is 0. The van der Waals surface area contributed by atoms with Gasteiger partial charge in [-0.05, 0) is 56.6 Å². The molecular formula is C20H27N3O. The Bertz CT molecular complexity index is 633. The minimum absolute atomic E-state index is 0.854. The first kappa shape index (κ1) is 15.9. The first-order chi connectivity index (χ1) is 11.9. The third-order valence-electron chi connectivity index (χ3n) is 5.47. The smallest absolute Gasteiger partial charge is 0.134 e. The van der Waals surface area contributed by atoms with Crippen LogP contribution in [0.15, 0.2) is 41.1 Å². The first-order valence-corrected chi connectivity index (χ1v) is 9.34. The zero-order chi connectivity index (χ0) is 16.2. The molecule has 0 atom stereocenters. The minimum atomic E-state index is 0.854. The van der Waals surface area contributed by atoms with Crippen molar-refractivity contribution in [3.05, 3.63) is 42.4 Å². The lowest BCUT2D eigenvalue weighted by molar-refractivity contribution is 0.195. The molecule has 0 bridgehead atoms. The SMILES string of the molecule is c1cc(-c2ccc(CN3CCCN(C4CCCC4)CC3)o2)ccn1. The van der Waals surface area contributed by atoms with Crippen LogP contribution in [-0.2, 0) is 6.54 Å². The standard InChI is InChI=1S/C20H27N3O/c1-2-5-18(4-1)23-13-3-12-22(14-15-23)16-19-6-7-20(24-19)17-8-10-21-11-9-17/h6-11,18H,1-5,12-16H2. The maximum Gasteiger partial charge on any atom is 0.134 e. The molecule has 2 aromatic rings. The zero-order valence-electron chi connectivity index (χ0n) is 14.4. The van der Waals surface area contributed by atoms with E-state index in [4.69, 9.17) is 4.42 Å². The predicted octanol–water partition coefficient (Wildman–Crippen LogP) is 3.79. The lowest BCUT2D eigenvalue weighted by Gasteiger charge is -2.27. The lowest BCUT2D eigenvalue weighted by Crippen LogP contribution is -2.36. The highest BCUT2D eigenvalue weighted by Gasteiger charge is 2.24. The van der Waals surface area contributed by atoms with Gasteiger partial charge in [-0.2, -0.15) is 0 Å². The summed E-state index contributed by atoms with van der Waals surface area (Å²) in [6.45, 7) is 5.73. The molecule has 2 aromatic heterocycles. The van der Waals surface area contributed by atoms with Gasteiger partial charge in [-0.3, -0.25) is 14.8 Å². The Morgan fingerprint density at radius 2 is 1.75 bits per heavy atom. The van der Waals surface area contributed by atoms with Crippen LogP contribution in [0, 0.1) is 0 Å². The van der Waals surface area contributed by atoms with Crippen molar-refractivity contribution in [2.45, 2.75) is 44.7 Å². The van der Waals surface area contributed by atoms with Crippen LogP contribution >= 0.6 is 0 Å². The summed E-state index contributed by atoms with van der Waals surface area (Å²) in [6.07, 6.45) is 10.6. The normalized spacial score (nSPS) is 21.2. The molecule has 4 heteroatoms. The Balaban J connectivity index is 1.35. The van der Waals surface area contributed by atoms with Crippen molar-refractivity contribution in [1.82, 2.24) is 14.8 Å². The molecule has 3 heterocycles. The van der Waals surface area contributed by atoms with E-state index in [-0.39, 0.29) is 0 Å².